The van der Waals surface area contributed by atoms with Gasteiger partial charge in [-0.1, -0.05) is 0 Å². The van der Waals surface area contributed by atoms with Crippen LogP contribution in [-0.4, -0.2) is 22.1 Å². The summed E-state index contributed by atoms with van der Waals surface area (Å²) >= 11 is 0. The Balaban J connectivity index is 2.21. The molecule has 5 heteroatoms. The molecule has 2 N–H and O–H groups in total. The second kappa shape index (κ2) is 4.69. The van der Waals surface area contributed by atoms with Crippen LogP contribution in [0.4, 0.5) is 5.82 Å². The second-order valence-corrected chi connectivity index (χ2v) is 3.47. The van der Waals surface area contributed by atoms with Crippen molar-refractivity contribution in [3.8, 4) is 5.69 Å². The number of nitrogens with two attached hydrogens (primary N) is 1. The van der Waals surface area contributed by atoms with Gasteiger partial charge in [-0.15, -0.1) is 0 Å². The zero-order chi connectivity index (χ0) is 12.3. The number of imidazole rings is 1. The fraction of sp³-hybridized carbons (Fsp3) is 0.167. The number of aromatic nitrogens is 2. The quantitative estimate of drug-likeness (QED) is 0.815. The molecule has 0 aliphatic heterocycles. The highest BCUT2D eigenvalue weighted by Gasteiger charge is 2.06. The Hall–Kier alpha value is -2.30. The molecule has 0 spiro atoms. The summed E-state index contributed by atoms with van der Waals surface area (Å²) in [5, 5.41) is 0. The van der Waals surface area contributed by atoms with E-state index in [1.807, 2.05) is 12.1 Å². The third-order valence-electron chi connectivity index (χ3n) is 2.28. The van der Waals surface area contributed by atoms with Crippen LogP contribution in [0, 0.1) is 0 Å². The maximum absolute atomic E-state index is 11.4. The van der Waals surface area contributed by atoms with Gasteiger partial charge in [-0.05, 0) is 31.2 Å². The molecule has 0 aliphatic carbocycles. The van der Waals surface area contributed by atoms with Gasteiger partial charge < -0.3 is 15.0 Å². The number of nitrogen functional groups attached to an aromatic ring is 1. The number of anilines is 1. The van der Waals surface area contributed by atoms with Crippen molar-refractivity contribution in [2.24, 2.45) is 0 Å². The van der Waals surface area contributed by atoms with Crippen molar-refractivity contribution in [1.29, 1.82) is 0 Å². The van der Waals surface area contributed by atoms with E-state index in [0.29, 0.717) is 18.0 Å². The smallest absolute Gasteiger partial charge is 0.338 e. The van der Waals surface area contributed by atoms with E-state index in [2.05, 4.69) is 4.98 Å². The Morgan fingerprint density at radius 2 is 2.12 bits per heavy atom. The molecule has 2 aromatic rings. The second-order valence-electron chi connectivity index (χ2n) is 3.47. The highest BCUT2D eigenvalue weighted by atomic mass is 16.5. The summed E-state index contributed by atoms with van der Waals surface area (Å²) in [5.74, 6) is 0.142. The number of nitrogens with zero attached hydrogens (tertiary/aromatic N) is 2. The standard InChI is InChI=1S/C12H13N3O2/c1-2-17-12(16)9-3-5-10(6-4-9)15-7-11(13)14-8-15/h3-8H,2,13H2,1H3. The Bertz CT molecular complexity index is 517. The van der Waals surface area contributed by atoms with Crippen molar-refractivity contribution in [3.63, 3.8) is 0 Å². The largest absolute Gasteiger partial charge is 0.462 e. The van der Waals surface area contributed by atoms with Crippen LogP contribution in [0.2, 0.25) is 0 Å². The van der Waals surface area contributed by atoms with Crippen LogP contribution in [0.3, 0.4) is 0 Å². The molecule has 0 unspecified atom stereocenters. The van der Waals surface area contributed by atoms with Crippen LogP contribution in [0.15, 0.2) is 36.8 Å². The molecule has 0 bridgehead atoms. The maximum Gasteiger partial charge on any atom is 0.338 e. The number of rotatable bonds is 3. The molecule has 0 saturated heterocycles. The molecule has 88 valence electrons. The van der Waals surface area contributed by atoms with Crippen LogP contribution >= 0.6 is 0 Å². The molecule has 0 saturated carbocycles. The first-order valence-electron chi connectivity index (χ1n) is 5.27. The minimum atomic E-state index is -0.316. The maximum atomic E-state index is 11.4. The Kier molecular flexibility index (Phi) is 3.09. The molecule has 5 nitrogen and oxygen atoms in total. The van der Waals surface area contributed by atoms with Crippen molar-refractivity contribution >= 4 is 11.8 Å². The van der Waals surface area contributed by atoms with E-state index in [1.54, 1.807) is 36.1 Å². The number of benzene rings is 1. The monoisotopic (exact) mass is 231 g/mol. The van der Waals surface area contributed by atoms with Crippen LogP contribution in [-0.2, 0) is 4.74 Å². The highest BCUT2D eigenvalue weighted by Crippen LogP contribution is 2.11. The number of esters is 1. The molecule has 1 heterocycles. The average Bonchev–Trinajstić information content (AvgIpc) is 2.76. The first-order chi connectivity index (χ1) is 8.20. The lowest BCUT2D eigenvalue weighted by molar-refractivity contribution is 0.0526. The van der Waals surface area contributed by atoms with E-state index < -0.39 is 0 Å². The van der Waals surface area contributed by atoms with Gasteiger partial charge >= 0.3 is 5.97 Å². The molecular formula is C12H13N3O2. The lowest BCUT2D eigenvalue weighted by Gasteiger charge is -2.04. The van der Waals surface area contributed by atoms with Gasteiger partial charge in [0.15, 0.2) is 0 Å². The molecule has 0 fully saturated rings. The minimum Gasteiger partial charge on any atom is -0.462 e. The molecule has 1 aromatic heterocycles. The fourth-order valence-corrected chi connectivity index (χ4v) is 1.46. The third kappa shape index (κ3) is 2.44. The predicted molar refractivity (Wildman–Crippen MR) is 63.9 cm³/mol. The van der Waals surface area contributed by atoms with E-state index >= 15 is 0 Å². The predicted octanol–water partition coefficient (Wildman–Crippen LogP) is 1.63. The average molecular weight is 231 g/mol. The first-order valence-corrected chi connectivity index (χ1v) is 5.27. The van der Waals surface area contributed by atoms with Gasteiger partial charge in [0.05, 0.1) is 18.4 Å². The summed E-state index contributed by atoms with van der Waals surface area (Å²) in [7, 11) is 0. The molecule has 17 heavy (non-hydrogen) atoms. The van der Waals surface area contributed by atoms with Crippen molar-refractivity contribution in [2.75, 3.05) is 12.3 Å². The number of carbonyl (C=O) groups is 1. The fourth-order valence-electron chi connectivity index (χ4n) is 1.46. The van der Waals surface area contributed by atoms with Gasteiger partial charge in [-0.2, -0.15) is 0 Å². The lowest BCUT2D eigenvalue weighted by Crippen LogP contribution is -2.04. The summed E-state index contributed by atoms with van der Waals surface area (Å²) in [6.07, 6.45) is 3.33. The third-order valence-corrected chi connectivity index (χ3v) is 2.28. The molecule has 2 rings (SSSR count). The van der Waals surface area contributed by atoms with Gasteiger partial charge in [-0.3, -0.25) is 0 Å². The molecule has 0 radical (unpaired) electrons. The Morgan fingerprint density at radius 3 is 2.65 bits per heavy atom. The number of hydrogen-bond donors (Lipinski definition) is 1. The van der Waals surface area contributed by atoms with Crippen LogP contribution in [0.5, 0.6) is 0 Å². The summed E-state index contributed by atoms with van der Waals surface area (Å²) < 4.78 is 6.68. The van der Waals surface area contributed by atoms with E-state index in [-0.39, 0.29) is 5.97 Å². The van der Waals surface area contributed by atoms with E-state index in [0.717, 1.165) is 5.69 Å². The van der Waals surface area contributed by atoms with Crippen molar-refractivity contribution in [1.82, 2.24) is 9.55 Å². The molecule has 0 atom stereocenters. The zero-order valence-corrected chi connectivity index (χ0v) is 9.46. The van der Waals surface area contributed by atoms with E-state index in [4.69, 9.17) is 10.5 Å². The molecule has 0 aliphatic rings. The minimum absolute atomic E-state index is 0.316. The summed E-state index contributed by atoms with van der Waals surface area (Å²) in [5.41, 5.74) is 6.95. The zero-order valence-electron chi connectivity index (χ0n) is 9.46. The van der Waals surface area contributed by atoms with E-state index in [9.17, 15) is 4.79 Å². The number of ether oxygens (including phenoxy) is 1. The molecule has 0 amide bonds. The first kappa shape index (κ1) is 11.2. The van der Waals surface area contributed by atoms with Crippen LogP contribution in [0.25, 0.3) is 5.69 Å². The SMILES string of the molecule is CCOC(=O)c1ccc(-n2cnc(N)c2)cc1. The number of carbonyl (C=O) groups excluding carboxylic acids is 1. The van der Waals surface area contributed by atoms with E-state index in [1.165, 1.54) is 0 Å². The molecular weight excluding hydrogens is 218 g/mol. The highest BCUT2D eigenvalue weighted by molar-refractivity contribution is 5.89. The number of hydrogen-bond acceptors (Lipinski definition) is 4. The van der Waals surface area contributed by atoms with Gasteiger partial charge in [0.1, 0.15) is 12.1 Å². The van der Waals surface area contributed by atoms with Crippen molar-refractivity contribution < 1.29 is 9.53 Å². The van der Waals surface area contributed by atoms with Crippen molar-refractivity contribution in [2.45, 2.75) is 6.92 Å². The van der Waals surface area contributed by atoms with Crippen molar-refractivity contribution in [3.05, 3.63) is 42.4 Å². The van der Waals surface area contributed by atoms with Gasteiger partial charge in [0.25, 0.3) is 0 Å². The van der Waals surface area contributed by atoms with Crippen LogP contribution < -0.4 is 5.73 Å². The normalized spacial score (nSPS) is 10.2. The Labute approximate surface area is 98.8 Å². The summed E-state index contributed by atoms with van der Waals surface area (Å²) in [4.78, 5) is 15.4. The van der Waals surface area contributed by atoms with Gasteiger partial charge in [-0.25, -0.2) is 9.78 Å². The topological polar surface area (TPSA) is 70.1 Å². The van der Waals surface area contributed by atoms with Gasteiger partial charge in [0.2, 0.25) is 0 Å². The Morgan fingerprint density at radius 1 is 1.41 bits per heavy atom. The van der Waals surface area contributed by atoms with Crippen LogP contribution in [0.1, 0.15) is 17.3 Å². The molecule has 1 aromatic carbocycles. The summed E-state index contributed by atoms with van der Waals surface area (Å²) in [6.45, 7) is 2.15. The summed E-state index contributed by atoms with van der Waals surface area (Å²) in [6, 6.07) is 7.05. The lowest BCUT2D eigenvalue weighted by atomic mass is 10.2. The van der Waals surface area contributed by atoms with Gasteiger partial charge in [0, 0.05) is 5.69 Å².